The van der Waals surface area contributed by atoms with Crippen LogP contribution in [0.1, 0.15) is 44.4 Å². The molecule has 1 aromatic rings. The Balaban J connectivity index is 2.14. The van der Waals surface area contributed by atoms with E-state index in [4.69, 9.17) is 23.7 Å². The molecule has 2 rings (SSSR count). The quantitative estimate of drug-likeness (QED) is 0.183. The van der Waals surface area contributed by atoms with E-state index in [1.165, 1.54) is 32.2 Å². The van der Waals surface area contributed by atoms with Crippen LogP contribution in [0.5, 0.6) is 0 Å². The molecule has 35 heavy (non-hydrogen) atoms. The van der Waals surface area contributed by atoms with Crippen molar-refractivity contribution in [1.29, 1.82) is 0 Å². The summed E-state index contributed by atoms with van der Waals surface area (Å²) in [6.07, 6.45) is 0.866. The van der Waals surface area contributed by atoms with E-state index in [2.05, 4.69) is 6.58 Å². The van der Waals surface area contributed by atoms with Crippen LogP contribution in [0, 0.1) is 0 Å². The lowest BCUT2D eigenvalue weighted by Crippen LogP contribution is -2.25. The maximum Gasteiger partial charge on any atom is 0.339 e. The number of thioether (sulfide) groups is 2. The van der Waals surface area contributed by atoms with Gasteiger partial charge in [0, 0.05) is 24.2 Å². The molecule has 0 aromatic heterocycles. The molecule has 11 heteroatoms. The summed E-state index contributed by atoms with van der Waals surface area (Å²) in [5.41, 5.74) is 0.0917. The first-order valence-corrected chi connectivity index (χ1v) is 13.3. The summed E-state index contributed by atoms with van der Waals surface area (Å²) in [6.45, 7) is 4.69. The number of carbonyl (C=O) groups is 4. The Labute approximate surface area is 213 Å². The van der Waals surface area contributed by atoms with Crippen molar-refractivity contribution >= 4 is 47.4 Å². The molecular weight excluding hydrogens is 496 g/mol. The van der Waals surface area contributed by atoms with Gasteiger partial charge >= 0.3 is 23.9 Å². The van der Waals surface area contributed by atoms with E-state index in [1.54, 1.807) is 23.5 Å². The minimum absolute atomic E-state index is 0.0124. The van der Waals surface area contributed by atoms with Crippen molar-refractivity contribution in [2.45, 2.75) is 19.4 Å². The van der Waals surface area contributed by atoms with E-state index in [0.717, 1.165) is 17.9 Å². The minimum atomic E-state index is -0.873. The summed E-state index contributed by atoms with van der Waals surface area (Å²) in [5.74, 6) is 0.564. The van der Waals surface area contributed by atoms with Crippen LogP contribution in [0.15, 0.2) is 30.4 Å². The second kappa shape index (κ2) is 15.5. The molecular formula is C24H30O9S2. The average Bonchev–Trinajstić information content (AvgIpc) is 2.82. The summed E-state index contributed by atoms with van der Waals surface area (Å²) in [5, 5.41) is 0. The molecule has 1 aliphatic rings. The summed E-state index contributed by atoms with van der Waals surface area (Å²) in [6, 6.07) is 3.98. The SMILES string of the molecule is C=C(C)C(=O)OCCOC(=O)c1cc(C(=O)OC2CSCCCSC2)ccc1C(=O)OCCOC. The third-order valence-electron chi connectivity index (χ3n) is 4.57. The molecule has 0 aliphatic carbocycles. The standard InChI is InChI=1S/C24H30O9S2/c1-16(2)21(25)30-9-10-32-24(28)20-13-17(5-6-19(20)23(27)31-8-7-29-3)22(26)33-18-14-34-11-4-12-35-15-18/h5-6,13,18H,1,4,7-12,14-15H2,2-3H3. The first-order valence-electron chi connectivity index (χ1n) is 11.0. The Kier molecular flexibility index (Phi) is 12.7. The van der Waals surface area contributed by atoms with Crippen molar-refractivity contribution < 1.29 is 42.9 Å². The van der Waals surface area contributed by atoms with E-state index < -0.39 is 23.9 Å². The first-order chi connectivity index (χ1) is 16.8. The second-order valence-corrected chi connectivity index (χ2v) is 9.77. The molecule has 0 spiro atoms. The molecule has 1 aliphatic heterocycles. The predicted octanol–water partition coefficient (Wildman–Crippen LogP) is 3.16. The molecule has 0 bridgehead atoms. The van der Waals surface area contributed by atoms with Gasteiger partial charge in [0.25, 0.3) is 0 Å². The highest BCUT2D eigenvalue weighted by molar-refractivity contribution is 8.00. The molecule has 1 saturated heterocycles. The van der Waals surface area contributed by atoms with Gasteiger partial charge in [-0.25, -0.2) is 19.2 Å². The fourth-order valence-electron chi connectivity index (χ4n) is 2.81. The van der Waals surface area contributed by atoms with E-state index in [-0.39, 0.29) is 54.8 Å². The zero-order chi connectivity index (χ0) is 25.6. The zero-order valence-electron chi connectivity index (χ0n) is 19.9. The molecule has 1 fully saturated rings. The Bertz CT molecular complexity index is 908. The molecule has 0 unspecified atom stereocenters. The first kappa shape index (κ1) is 28.7. The van der Waals surface area contributed by atoms with Gasteiger partial charge in [0.1, 0.15) is 25.9 Å². The number of carbonyl (C=O) groups excluding carboxylic acids is 4. The molecule has 1 heterocycles. The van der Waals surface area contributed by atoms with E-state index in [0.29, 0.717) is 11.5 Å². The van der Waals surface area contributed by atoms with Crippen molar-refractivity contribution in [3.05, 3.63) is 47.0 Å². The van der Waals surface area contributed by atoms with E-state index in [9.17, 15) is 19.2 Å². The Hall–Kier alpha value is -2.50. The van der Waals surface area contributed by atoms with Crippen LogP contribution in [-0.4, -0.2) is 86.5 Å². The Morgan fingerprint density at radius 2 is 1.49 bits per heavy atom. The molecule has 0 amide bonds. The topological polar surface area (TPSA) is 114 Å². The van der Waals surface area contributed by atoms with Gasteiger partial charge in [0.2, 0.25) is 0 Å². The number of hydrogen-bond donors (Lipinski definition) is 0. The largest absolute Gasteiger partial charge is 0.460 e. The van der Waals surface area contributed by atoms with Crippen LogP contribution in [0.2, 0.25) is 0 Å². The third kappa shape index (κ3) is 9.95. The van der Waals surface area contributed by atoms with Crippen molar-refractivity contribution in [3.63, 3.8) is 0 Å². The molecule has 0 saturated carbocycles. The van der Waals surface area contributed by atoms with Gasteiger partial charge < -0.3 is 23.7 Å². The number of methoxy groups -OCH3 is 1. The van der Waals surface area contributed by atoms with Crippen LogP contribution >= 0.6 is 23.5 Å². The lowest BCUT2D eigenvalue weighted by atomic mass is 10.0. The highest BCUT2D eigenvalue weighted by Crippen LogP contribution is 2.21. The monoisotopic (exact) mass is 526 g/mol. The summed E-state index contributed by atoms with van der Waals surface area (Å²) < 4.78 is 25.7. The van der Waals surface area contributed by atoms with Gasteiger partial charge in [-0.15, -0.1) is 0 Å². The van der Waals surface area contributed by atoms with Gasteiger partial charge in [-0.2, -0.15) is 23.5 Å². The summed E-state index contributed by atoms with van der Waals surface area (Å²) in [7, 11) is 1.46. The van der Waals surface area contributed by atoms with Gasteiger partial charge in [-0.1, -0.05) is 6.58 Å². The predicted molar refractivity (Wildman–Crippen MR) is 133 cm³/mol. The van der Waals surface area contributed by atoms with Crippen LogP contribution in [0.3, 0.4) is 0 Å². The van der Waals surface area contributed by atoms with Gasteiger partial charge in [0.05, 0.1) is 23.3 Å². The lowest BCUT2D eigenvalue weighted by molar-refractivity contribution is -0.140. The summed E-state index contributed by atoms with van der Waals surface area (Å²) in [4.78, 5) is 49.5. The number of rotatable bonds is 11. The molecule has 0 atom stereocenters. The third-order valence-corrected chi connectivity index (χ3v) is 6.94. The Morgan fingerprint density at radius 3 is 2.11 bits per heavy atom. The van der Waals surface area contributed by atoms with Gasteiger partial charge in [0.15, 0.2) is 0 Å². The summed E-state index contributed by atoms with van der Waals surface area (Å²) >= 11 is 3.47. The maximum atomic E-state index is 12.8. The normalized spacial score (nSPS) is 14.2. The molecule has 0 radical (unpaired) electrons. The number of ether oxygens (including phenoxy) is 5. The van der Waals surface area contributed by atoms with Crippen molar-refractivity contribution in [2.24, 2.45) is 0 Å². The highest BCUT2D eigenvalue weighted by Gasteiger charge is 2.24. The maximum absolute atomic E-state index is 12.8. The van der Waals surface area contributed by atoms with Gasteiger partial charge in [-0.3, -0.25) is 0 Å². The van der Waals surface area contributed by atoms with Crippen LogP contribution < -0.4 is 0 Å². The second-order valence-electron chi connectivity index (χ2n) is 7.47. The number of benzene rings is 1. The number of esters is 4. The van der Waals surface area contributed by atoms with Crippen molar-refractivity contribution in [3.8, 4) is 0 Å². The number of hydrogen-bond acceptors (Lipinski definition) is 11. The molecule has 9 nitrogen and oxygen atoms in total. The van der Waals surface area contributed by atoms with Crippen LogP contribution in [0.25, 0.3) is 0 Å². The zero-order valence-corrected chi connectivity index (χ0v) is 21.5. The fraction of sp³-hybridized carbons (Fsp3) is 0.500. The lowest BCUT2D eigenvalue weighted by Gasteiger charge is -2.20. The van der Waals surface area contributed by atoms with Crippen molar-refractivity contribution in [1.82, 2.24) is 0 Å². The van der Waals surface area contributed by atoms with Gasteiger partial charge in [-0.05, 0) is 43.0 Å². The van der Waals surface area contributed by atoms with Crippen LogP contribution in [-0.2, 0) is 28.5 Å². The van der Waals surface area contributed by atoms with E-state index >= 15 is 0 Å². The smallest absolute Gasteiger partial charge is 0.339 e. The highest BCUT2D eigenvalue weighted by atomic mass is 32.2. The fourth-order valence-corrected chi connectivity index (χ4v) is 5.07. The molecule has 0 N–H and O–H groups in total. The minimum Gasteiger partial charge on any atom is -0.460 e. The average molecular weight is 527 g/mol. The Morgan fingerprint density at radius 1 is 0.886 bits per heavy atom. The van der Waals surface area contributed by atoms with E-state index in [1.807, 2.05) is 0 Å². The molecule has 192 valence electrons. The molecule has 1 aromatic carbocycles. The van der Waals surface area contributed by atoms with Crippen LogP contribution in [0.4, 0.5) is 0 Å². The van der Waals surface area contributed by atoms with Crippen molar-refractivity contribution in [2.75, 3.05) is 56.5 Å².